The lowest BCUT2D eigenvalue weighted by Crippen LogP contribution is -2.40. The van der Waals surface area contributed by atoms with Gasteiger partial charge in [-0.2, -0.15) is 5.10 Å². The van der Waals surface area contributed by atoms with Gasteiger partial charge < -0.3 is 10.4 Å². The van der Waals surface area contributed by atoms with E-state index < -0.39 is 6.17 Å². The van der Waals surface area contributed by atoms with Crippen molar-refractivity contribution in [2.45, 2.75) is 13.1 Å². The zero-order valence-corrected chi connectivity index (χ0v) is 15.9. The number of nitrogens with zero attached hydrogens (tertiary/aromatic N) is 2. The summed E-state index contributed by atoms with van der Waals surface area (Å²) in [6.07, 6.45) is -0.526. The molecule has 140 valence electrons. The zero-order valence-electron chi connectivity index (χ0n) is 15.1. The summed E-state index contributed by atoms with van der Waals surface area (Å²) in [6.45, 7) is 1.76. The number of benzene rings is 3. The molecule has 0 fully saturated rings. The van der Waals surface area contributed by atoms with Gasteiger partial charge in [-0.3, -0.25) is 4.79 Å². The van der Waals surface area contributed by atoms with Crippen LogP contribution in [-0.4, -0.2) is 21.7 Å². The number of phenolic OH excluding ortho intramolecular Hbond substituents is 1. The minimum absolute atomic E-state index is 0.112. The van der Waals surface area contributed by atoms with Crippen molar-refractivity contribution in [1.82, 2.24) is 5.01 Å². The van der Waals surface area contributed by atoms with Crippen molar-refractivity contribution >= 4 is 28.9 Å². The standard InChI is InChI=1S/C22H18ClN3O2/c1-14(17-9-3-5-12-20(17)27)25-26-21(15-7-6-8-16(23)13-15)24-19-11-4-2-10-18(19)22(26)28/h2-13,21,24,27H,1H3/b25-14+. The maximum Gasteiger partial charge on any atom is 0.278 e. The van der Waals surface area contributed by atoms with Gasteiger partial charge in [-0.1, -0.05) is 48.0 Å². The highest BCUT2D eigenvalue weighted by atomic mass is 35.5. The van der Waals surface area contributed by atoms with Crippen molar-refractivity contribution in [2.75, 3.05) is 5.32 Å². The highest BCUT2D eigenvalue weighted by Gasteiger charge is 2.33. The first-order chi connectivity index (χ1) is 13.5. The molecule has 0 spiro atoms. The molecule has 1 aliphatic rings. The van der Waals surface area contributed by atoms with E-state index in [1.54, 1.807) is 43.3 Å². The number of aromatic hydroxyl groups is 1. The van der Waals surface area contributed by atoms with E-state index in [2.05, 4.69) is 10.4 Å². The number of rotatable bonds is 3. The molecule has 3 aromatic rings. The molecule has 3 aromatic carbocycles. The van der Waals surface area contributed by atoms with Crippen molar-refractivity contribution in [1.29, 1.82) is 0 Å². The van der Waals surface area contributed by atoms with Crippen LogP contribution < -0.4 is 5.32 Å². The Morgan fingerprint density at radius 2 is 1.82 bits per heavy atom. The molecule has 1 heterocycles. The minimum atomic E-state index is -0.526. The summed E-state index contributed by atoms with van der Waals surface area (Å²) in [5.41, 5.74) is 3.18. The molecule has 0 saturated heterocycles. The summed E-state index contributed by atoms with van der Waals surface area (Å²) in [5.74, 6) is -0.116. The molecule has 0 radical (unpaired) electrons. The van der Waals surface area contributed by atoms with Crippen molar-refractivity contribution in [3.8, 4) is 5.75 Å². The van der Waals surface area contributed by atoms with Gasteiger partial charge >= 0.3 is 0 Å². The van der Waals surface area contributed by atoms with Crippen molar-refractivity contribution in [3.63, 3.8) is 0 Å². The molecule has 0 aliphatic carbocycles. The topological polar surface area (TPSA) is 64.9 Å². The summed E-state index contributed by atoms with van der Waals surface area (Å²) < 4.78 is 0. The van der Waals surface area contributed by atoms with Crippen LogP contribution in [0.15, 0.2) is 77.9 Å². The minimum Gasteiger partial charge on any atom is -0.507 e. The van der Waals surface area contributed by atoms with E-state index in [1.165, 1.54) is 5.01 Å². The lowest BCUT2D eigenvalue weighted by Gasteiger charge is -2.35. The Morgan fingerprint density at radius 3 is 2.61 bits per heavy atom. The van der Waals surface area contributed by atoms with Gasteiger partial charge in [-0.05, 0) is 48.9 Å². The van der Waals surface area contributed by atoms with Gasteiger partial charge in [-0.15, -0.1) is 0 Å². The van der Waals surface area contributed by atoms with Crippen LogP contribution in [-0.2, 0) is 0 Å². The molecule has 1 amide bonds. The molecule has 1 unspecified atom stereocenters. The van der Waals surface area contributed by atoms with Gasteiger partial charge in [0.15, 0.2) is 6.17 Å². The quantitative estimate of drug-likeness (QED) is 0.615. The van der Waals surface area contributed by atoms with Crippen LogP contribution >= 0.6 is 11.6 Å². The Kier molecular flexibility index (Phi) is 4.75. The molecule has 5 nitrogen and oxygen atoms in total. The fraction of sp³-hybridized carbons (Fsp3) is 0.0909. The number of para-hydroxylation sites is 2. The Hall–Kier alpha value is -3.31. The van der Waals surface area contributed by atoms with E-state index in [0.29, 0.717) is 21.9 Å². The van der Waals surface area contributed by atoms with Crippen LogP contribution in [0.4, 0.5) is 5.69 Å². The third kappa shape index (κ3) is 3.32. The Balaban J connectivity index is 1.82. The molecular weight excluding hydrogens is 374 g/mol. The van der Waals surface area contributed by atoms with E-state index in [4.69, 9.17) is 11.6 Å². The van der Waals surface area contributed by atoms with E-state index >= 15 is 0 Å². The van der Waals surface area contributed by atoms with Gasteiger partial charge in [0.2, 0.25) is 0 Å². The maximum absolute atomic E-state index is 13.2. The lowest BCUT2D eigenvalue weighted by molar-refractivity contribution is 0.0689. The van der Waals surface area contributed by atoms with Crippen LogP contribution in [0.3, 0.4) is 0 Å². The monoisotopic (exact) mass is 391 g/mol. The number of hydrazone groups is 1. The fourth-order valence-corrected chi connectivity index (χ4v) is 3.44. The number of halogens is 1. The average Bonchev–Trinajstić information content (AvgIpc) is 2.70. The Bertz CT molecular complexity index is 1080. The maximum atomic E-state index is 13.2. The molecule has 0 saturated carbocycles. The van der Waals surface area contributed by atoms with Crippen LogP contribution in [0.25, 0.3) is 0 Å². The second-order valence-electron chi connectivity index (χ2n) is 6.50. The number of anilines is 1. The average molecular weight is 392 g/mol. The number of hydrogen-bond acceptors (Lipinski definition) is 4. The van der Waals surface area contributed by atoms with Crippen LogP contribution in [0, 0.1) is 0 Å². The zero-order chi connectivity index (χ0) is 19.7. The van der Waals surface area contributed by atoms with Crippen LogP contribution in [0.2, 0.25) is 5.02 Å². The first-order valence-electron chi connectivity index (χ1n) is 8.83. The molecule has 0 bridgehead atoms. The second kappa shape index (κ2) is 7.37. The molecule has 6 heteroatoms. The predicted octanol–water partition coefficient (Wildman–Crippen LogP) is 5.04. The van der Waals surface area contributed by atoms with E-state index in [1.807, 2.05) is 36.4 Å². The largest absolute Gasteiger partial charge is 0.507 e. The van der Waals surface area contributed by atoms with Crippen LogP contribution in [0.1, 0.15) is 34.6 Å². The number of carbonyl (C=O) groups excluding carboxylic acids is 1. The van der Waals surface area contributed by atoms with E-state index in [9.17, 15) is 9.90 Å². The highest BCUT2D eigenvalue weighted by molar-refractivity contribution is 6.30. The molecule has 2 N–H and O–H groups in total. The molecule has 4 rings (SSSR count). The lowest BCUT2D eigenvalue weighted by atomic mass is 10.0. The van der Waals surface area contributed by atoms with Gasteiger partial charge in [0.05, 0.1) is 11.3 Å². The SMILES string of the molecule is C/C(=N\N1C(=O)c2ccccc2NC1c1cccc(Cl)c1)c1ccccc1O. The van der Waals surface area contributed by atoms with Gasteiger partial charge in [-0.25, -0.2) is 5.01 Å². The van der Waals surface area contributed by atoms with Gasteiger partial charge in [0.25, 0.3) is 5.91 Å². The van der Waals surface area contributed by atoms with Crippen LogP contribution in [0.5, 0.6) is 5.75 Å². The number of carbonyl (C=O) groups is 1. The molecule has 1 atom stereocenters. The molecule has 28 heavy (non-hydrogen) atoms. The smallest absolute Gasteiger partial charge is 0.278 e. The van der Waals surface area contributed by atoms with Gasteiger partial charge in [0.1, 0.15) is 5.75 Å². The van der Waals surface area contributed by atoms with Crippen molar-refractivity contribution in [2.24, 2.45) is 5.10 Å². The van der Waals surface area contributed by atoms with Gasteiger partial charge in [0, 0.05) is 16.3 Å². The van der Waals surface area contributed by atoms with Crippen molar-refractivity contribution in [3.05, 3.63) is 94.5 Å². The number of amides is 1. The normalized spacial score (nSPS) is 16.5. The van der Waals surface area contributed by atoms with E-state index in [-0.39, 0.29) is 11.7 Å². The Labute approximate surface area is 167 Å². The fourth-order valence-electron chi connectivity index (χ4n) is 3.24. The Morgan fingerprint density at radius 1 is 1.07 bits per heavy atom. The van der Waals surface area contributed by atoms with E-state index in [0.717, 1.165) is 11.3 Å². The predicted molar refractivity (Wildman–Crippen MR) is 111 cm³/mol. The summed E-state index contributed by atoms with van der Waals surface area (Å²) in [7, 11) is 0. The first kappa shape index (κ1) is 18.1. The molecule has 1 aliphatic heterocycles. The summed E-state index contributed by atoms with van der Waals surface area (Å²) in [6, 6.07) is 21.5. The molecular formula is C22H18ClN3O2. The number of hydrogen-bond donors (Lipinski definition) is 2. The summed E-state index contributed by atoms with van der Waals surface area (Å²) >= 11 is 6.17. The second-order valence-corrected chi connectivity index (χ2v) is 6.94. The summed E-state index contributed by atoms with van der Waals surface area (Å²) in [4.78, 5) is 13.2. The third-order valence-electron chi connectivity index (χ3n) is 4.62. The van der Waals surface area contributed by atoms with Crippen molar-refractivity contribution < 1.29 is 9.90 Å². The number of nitrogens with one attached hydrogen (secondary N) is 1. The first-order valence-corrected chi connectivity index (χ1v) is 9.20. The molecule has 0 aromatic heterocycles. The number of fused-ring (bicyclic) bond motifs is 1. The number of phenols is 1. The third-order valence-corrected chi connectivity index (χ3v) is 4.85. The summed E-state index contributed by atoms with van der Waals surface area (Å²) in [5, 5.41) is 20.0. The highest BCUT2D eigenvalue weighted by Crippen LogP contribution is 2.34.